The predicted molar refractivity (Wildman–Crippen MR) is 99.5 cm³/mol. The van der Waals surface area contributed by atoms with Crippen LogP contribution in [0, 0.1) is 5.82 Å². The smallest absolute Gasteiger partial charge is 0.222 e. The Hall–Kier alpha value is -2.47. The normalized spacial score (nSPS) is 22.4. The molecule has 6 heteroatoms. The average molecular weight is 372 g/mol. The van der Waals surface area contributed by atoms with Crippen LogP contribution in [0.25, 0.3) is 0 Å². The van der Waals surface area contributed by atoms with Crippen molar-refractivity contribution < 1.29 is 19.4 Å². The third kappa shape index (κ3) is 4.45. The molecule has 0 bridgehead atoms. The third-order valence-electron chi connectivity index (χ3n) is 5.51. The molecule has 144 valence electrons. The van der Waals surface area contributed by atoms with Crippen LogP contribution in [0.4, 0.5) is 4.39 Å². The number of halogens is 1. The fraction of sp³-hybridized carbons (Fsp3) is 0.429. The number of rotatable bonds is 5. The van der Waals surface area contributed by atoms with Gasteiger partial charge in [-0.15, -0.1) is 0 Å². The zero-order valence-corrected chi connectivity index (χ0v) is 15.4. The zero-order valence-electron chi connectivity index (χ0n) is 15.4. The van der Waals surface area contributed by atoms with E-state index in [4.69, 9.17) is 0 Å². The molecule has 0 aliphatic heterocycles. The molecule has 2 N–H and O–H groups in total. The lowest BCUT2D eigenvalue weighted by Crippen LogP contribution is -2.43. The summed E-state index contributed by atoms with van der Waals surface area (Å²) in [5.41, 5.74) is 0.0734. The monoisotopic (exact) mass is 372 g/mol. The van der Waals surface area contributed by atoms with Crippen LogP contribution in [0.5, 0.6) is 5.75 Å². The number of aromatic nitrogens is 1. The van der Waals surface area contributed by atoms with E-state index in [2.05, 4.69) is 4.98 Å². The van der Waals surface area contributed by atoms with E-state index in [1.54, 1.807) is 36.2 Å². The van der Waals surface area contributed by atoms with E-state index >= 15 is 0 Å². The van der Waals surface area contributed by atoms with Crippen molar-refractivity contribution in [2.75, 3.05) is 7.05 Å². The van der Waals surface area contributed by atoms with Crippen LogP contribution in [0.2, 0.25) is 0 Å². The minimum absolute atomic E-state index is 0.0172. The van der Waals surface area contributed by atoms with Gasteiger partial charge in [0, 0.05) is 19.5 Å². The Balaban J connectivity index is 1.54. The van der Waals surface area contributed by atoms with Crippen LogP contribution in [0.3, 0.4) is 0 Å². The minimum Gasteiger partial charge on any atom is -0.506 e. The molecule has 1 saturated carbocycles. The van der Waals surface area contributed by atoms with Gasteiger partial charge in [-0.25, -0.2) is 4.39 Å². The highest BCUT2D eigenvalue weighted by atomic mass is 19.1. The van der Waals surface area contributed by atoms with Crippen LogP contribution >= 0.6 is 0 Å². The molecule has 0 unspecified atom stereocenters. The summed E-state index contributed by atoms with van der Waals surface area (Å²) in [6.07, 6.45) is 4.31. The number of aromatic hydroxyl groups is 1. The largest absolute Gasteiger partial charge is 0.506 e. The van der Waals surface area contributed by atoms with Crippen LogP contribution in [0.1, 0.15) is 43.4 Å². The van der Waals surface area contributed by atoms with Gasteiger partial charge >= 0.3 is 0 Å². The Morgan fingerprint density at radius 1 is 1.26 bits per heavy atom. The van der Waals surface area contributed by atoms with E-state index in [0.717, 1.165) is 0 Å². The first-order valence-electron chi connectivity index (χ1n) is 9.26. The number of amides is 1. The molecule has 1 aromatic carbocycles. The van der Waals surface area contributed by atoms with Gasteiger partial charge in [0.05, 0.1) is 11.9 Å². The fourth-order valence-corrected chi connectivity index (χ4v) is 3.71. The number of carbonyl (C=O) groups excluding carboxylic acids is 1. The van der Waals surface area contributed by atoms with Crippen molar-refractivity contribution in [1.82, 2.24) is 9.88 Å². The first-order valence-corrected chi connectivity index (χ1v) is 9.26. The molecule has 1 aliphatic carbocycles. The van der Waals surface area contributed by atoms with Crippen LogP contribution in [-0.2, 0) is 16.8 Å². The van der Waals surface area contributed by atoms with Crippen molar-refractivity contribution >= 4 is 5.91 Å². The van der Waals surface area contributed by atoms with Crippen molar-refractivity contribution in [1.29, 1.82) is 0 Å². The van der Waals surface area contributed by atoms with Gasteiger partial charge in [0.15, 0.2) is 0 Å². The third-order valence-corrected chi connectivity index (χ3v) is 5.51. The number of hydrogen-bond acceptors (Lipinski definition) is 4. The first-order chi connectivity index (χ1) is 12.9. The number of aliphatic hydroxyl groups is 1. The summed E-state index contributed by atoms with van der Waals surface area (Å²) < 4.78 is 13.7. The molecule has 0 atom stereocenters. The summed E-state index contributed by atoms with van der Waals surface area (Å²) in [5.74, 6) is -0.232. The maximum Gasteiger partial charge on any atom is 0.222 e. The van der Waals surface area contributed by atoms with Gasteiger partial charge < -0.3 is 15.1 Å². The summed E-state index contributed by atoms with van der Waals surface area (Å²) in [6.45, 7) is 0. The van der Waals surface area contributed by atoms with Crippen molar-refractivity contribution in [2.24, 2.45) is 0 Å². The second kappa shape index (κ2) is 8.05. The van der Waals surface area contributed by atoms with Crippen LogP contribution in [0.15, 0.2) is 42.6 Å². The van der Waals surface area contributed by atoms with E-state index < -0.39 is 5.60 Å². The number of carbonyl (C=O) groups is 1. The Labute approximate surface area is 158 Å². The second-order valence-electron chi connectivity index (χ2n) is 7.26. The van der Waals surface area contributed by atoms with E-state index in [9.17, 15) is 19.4 Å². The Morgan fingerprint density at radius 2 is 1.96 bits per heavy atom. The van der Waals surface area contributed by atoms with E-state index in [-0.39, 0.29) is 29.9 Å². The number of aryl methyl sites for hydroxylation is 1. The summed E-state index contributed by atoms with van der Waals surface area (Å²) in [4.78, 5) is 18.4. The number of nitrogens with zero attached hydrogens (tertiary/aromatic N) is 2. The molecule has 1 fully saturated rings. The lowest BCUT2D eigenvalue weighted by atomic mass is 9.79. The molecule has 1 heterocycles. The molecule has 0 saturated heterocycles. The van der Waals surface area contributed by atoms with Gasteiger partial charge in [-0.3, -0.25) is 9.78 Å². The highest BCUT2D eigenvalue weighted by Crippen LogP contribution is 2.37. The average Bonchev–Trinajstić information content (AvgIpc) is 2.67. The van der Waals surface area contributed by atoms with E-state index in [0.29, 0.717) is 43.4 Å². The molecule has 27 heavy (non-hydrogen) atoms. The molecule has 1 amide bonds. The van der Waals surface area contributed by atoms with Crippen LogP contribution < -0.4 is 0 Å². The number of hydrogen-bond donors (Lipinski definition) is 2. The predicted octanol–water partition coefficient (Wildman–Crippen LogP) is 3.15. The van der Waals surface area contributed by atoms with Gasteiger partial charge in [0.1, 0.15) is 17.2 Å². The lowest BCUT2D eigenvalue weighted by Gasteiger charge is -2.39. The van der Waals surface area contributed by atoms with Gasteiger partial charge in [-0.05, 0) is 55.9 Å². The van der Waals surface area contributed by atoms with Crippen LogP contribution in [-0.4, -0.2) is 39.1 Å². The Kier molecular flexibility index (Phi) is 5.75. The standard InChI is InChI=1S/C21H25FN2O3/c1-24(20(26)9-6-15-4-2-3-5-18(15)22)16-10-12-21(27,13-11-16)19-8-7-17(25)14-23-19/h2-5,7-8,14,16,25,27H,6,9-13H2,1H3. The molecule has 1 aromatic heterocycles. The summed E-state index contributed by atoms with van der Waals surface area (Å²) in [5, 5.41) is 20.2. The zero-order chi connectivity index (χ0) is 19.4. The molecule has 5 nitrogen and oxygen atoms in total. The minimum atomic E-state index is -1.03. The number of benzene rings is 1. The topological polar surface area (TPSA) is 73.7 Å². The van der Waals surface area contributed by atoms with Gasteiger partial charge in [0.25, 0.3) is 0 Å². The Morgan fingerprint density at radius 3 is 2.59 bits per heavy atom. The van der Waals surface area contributed by atoms with E-state index in [1.165, 1.54) is 18.3 Å². The second-order valence-corrected chi connectivity index (χ2v) is 7.26. The first kappa shape index (κ1) is 19.3. The molecule has 1 aliphatic rings. The van der Waals surface area contributed by atoms with Gasteiger partial charge in [0.2, 0.25) is 5.91 Å². The lowest BCUT2D eigenvalue weighted by molar-refractivity contribution is -0.134. The molecular formula is C21H25FN2O3. The van der Waals surface area contributed by atoms with Crippen molar-refractivity contribution in [3.63, 3.8) is 0 Å². The van der Waals surface area contributed by atoms with E-state index in [1.807, 2.05) is 0 Å². The van der Waals surface area contributed by atoms with Gasteiger partial charge in [-0.2, -0.15) is 0 Å². The van der Waals surface area contributed by atoms with Crippen molar-refractivity contribution in [2.45, 2.75) is 50.2 Å². The van der Waals surface area contributed by atoms with Gasteiger partial charge in [-0.1, -0.05) is 18.2 Å². The molecular weight excluding hydrogens is 347 g/mol. The maximum absolute atomic E-state index is 13.7. The SMILES string of the molecule is CN(C(=O)CCc1ccccc1F)C1CCC(O)(c2ccc(O)cn2)CC1. The molecule has 0 radical (unpaired) electrons. The maximum atomic E-state index is 13.7. The Bertz CT molecular complexity index is 786. The molecule has 2 aromatic rings. The fourth-order valence-electron chi connectivity index (χ4n) is 3.71. The molecule has 0 spiro atoms. The number of pyridine rings is 1. The summed E-state index contributed by atoms with van der Waals surface area (Å²) in [6, 6.07) is 9.72. The quantitative estimate of drug-likeness (QED) is 0.846. The summed E-state index contributed by atoms with van der Waals surface area (Å²) in [7, 11) is 1.78. The molecule has 3 rings (SSSR count). The summed E-state index contributed by atoms with van der Waals surface area (Å²) >= 11 is 0. The highest BCUT2D eigenvalue weighted by molar-refractivity contribution is 5.76. The highest BCUT2D eigenvalue weighted by Gasteiger charge is 2.37. The van der Waals surface area contributed by atoms with Crippen molar-refractivity contribution in [3.8, 4) is 5.75 Å². The van der Waals surface area contributed by atoms with Crippen molar-refractivity contribution in [3.05, 3.63) is 59.7 Å².